The minimum absolute atomic E-state index is 0.315. The highest BCUT2D eigenvalue weighted by Gasteiger charge is 2.08. The zero-order valence-electron chi connectivity index (χ0n) is 17.1. The number of benzene rings is 2. The van der Waals surface area contributed by atoms with Crippen LogP contribution >= 0.6 is 0 Å². The zero-order chi connectivity index (χ0) is 21.7. The first-order valence-electron chi connectivity index (χ1n) is 9.33. The van der Waals surface area contributed by atoms with Crippen molar-refractivity contribution in [2.45, 2.75) is 9.79 Å². The van der Waals surface area contributed by atoms with Gasteiger partial charge in [0.2, 0.25) is 11.4 Å². The molecule has 0 N–H and O–H groups in total. The van der Waals surface area contributed by atoms with Crippen LogP contribution in [0.2, 0.25) is 0 Å². The Morgan fingerprint density at radius 3 is 1.70 bits per heavy atom. The molecular formula is C24H24NO3S2+. The lowest BCUT2D eigenvalue weighted by Crippen LogP contribution is -2.35. The van der Waals surface area contributed by atoms with Crippen molar-refractivity contribution in [2.24, 2.45) is 7.05 Å². The molecule has 0 spiro atoms. The molecule has 0 aliphatic carbocycles. The standard InChI is InChI=1S/C24H24NO3S2/c1-25-21(13-7-19-9-15-23(16-10-19)29(2)26)5-4-6-22(25)14-8-20-11-17-24(18-12-20)30(3,27)28/h4-18H,1-3H3/q+1/b13-7+,14-8+. The molecule has 3 rings (SSSR count). The Balaban J connectivity index is 1.78. The van der Waals surface area contributed by atoms with E-state index in [1.807, 2.05) is 73.8 Å². The monoisotopic (exact) mass is 438 g/mol. The van der Waals surface area contributed by atoms with Crippen LogP contribution in [0.3, 0.4) is 0 Å². The molecular weight excluding hydrogens is 414 g/mol. The Hall–Kier alpha value is -2.67. The molecule has 3 aromatic rings. The molecule has 0 amide bonds. The molecule has 1 unspecified atom stereocenters. The second kappa shape index (κ2) is 9.43. The van der Waals surface area contributed by atoms with E-state index in [4.69, 9.17) is 0 Å². The Kier molecular flexibility index (Phi) is 6.92. The summed E-state index contributed by atoms with van der Waals surface area (Å²) in [6.45, 7) is 0. The Labute approximate surface area is 181 Å². The molecule has 2 aromatic carbocycles. The summed E-state index contributed by atoms with van der Waals surface area (Å²) in [6, 6.07) is 20.5. The minimum Gasteiger partial charge on any atom is -0.612 e. The van der Waals surface area contributed by atoms with Crippen molar-refractivity contribution < 1.29 is 17.5 Å². The zero-order valence-corrected chi connectivity index (χ0v) is 18.8. The van der Waals surface area contributed by atoms with Crippen LogP contribution < -0.4 is 4.57 Å². The fourth-order valence-corrected chi connectivity index (χ4v) is 4.06. The highest BCUT2D eigenvalue weighted by atomic mass is 32.2. The van der Waals surface area contributed by atoms with Crippen molar-refractivity contribution in [3.05, 3.63) is 89.2 Å². The van der Waals surface area contributed by atoms with Gasteiger partial charge in [0, 0.05) is 30.5 Å². The van der Waals surface area contributed by atoms with E-state index < -0.39 is 21.0 Å². The number of hydrogen-bond donors (Lipinski definition) is 0. The summed E-state index contributed by atoms with van der Waals surface area (Å²) in [4.78, 5) is 1.13. The Bertz CT molecular complexity index is 1180. The molecule has 1 aromatic heterocycles. The van der Waals surface area contributed by atoms with Gasteiger partial charge in [-0.05, 0) is 76.9 Å². The normalized spacial score (nSPS) is 13.2. The molecule has 0 saturated heterocycles. The molecule has 4 nitrogen and oxygen atoms in total. The van der Waals surface area contributed by atoms with Gasteiger partial charge in [-0.15, -0.1) is 0 Å². The predicted molar refractivity (Wildman–Crippen MR) is 124 cm³/mol. The lowest BCUT2D eigenvalue weighted by Gasteiger charge is -2.03. The van der Waals surface area contributed by atoms with Gasteiger partial charge in [0.25, 0.3) is 0 Å². The van der Waals surface area contributed by atoms with Gasteiger partial charge in [0.15, 0.2) is 14.7 Å². The maximum Gasteiger partial charge on any atom is 0.205 e. The lowest BCUT2D eigenvalue weighted by atomic mass is 10.1. The SMILES string of the molecule is C[n+]1c(/C=C/c2ccc([S+](C)[O-])cc2)cccc1/C=C/c1ccc(S(C)(=O)=O)cc1. The summed E-state index contributed by atoms with van der Waals surface area (Å²) < 4.78 is 36.7. The van der Waals surface area contributed by atoms with E-state index in [1.165, 1.54) is 6.26 Å². The van der Waals surface area contributed by atoms with Crippen LogP contribution in [-0.2, 0) is 28.1 Å². The van der Waals surface area contributed by atoms with Crippen LogP contribution in [-0.4, -0.2) is 25.5 Å². The number of pyridine rings is 1. The number of hydrogen-bond acceptors (Lipinski definition) is 3. The van der Waals surface area contributed by atoms with Gasteiger partial charge in [-0.3, -0.25) is 0 Å². The quantitative estimate of drug-likeness (QED) is 0.432. The first kappa shape index (κ1) is 22.0. The number of sulfone groups is 1. The smallest absolute Gasteiger partial charge is 0.205 e. The number of nitrogens with zero attached hydrogens (tertiary/aromatic N) is 1. The van der Waals surface area contributed by atoms with Crippen molar-refractivity contribution in [3.63, 3.8) is 0 Å². The summed E-state index contributed by atoms with van der Waals surface area (Å²) in [5.74, 6) is 0. The van der Waals surface area contributed by atoms with Crippen molar-refractivity contribution in [2.75, 3.05) is 12.5 Å². The van der Waals surface area contributed by atoms with Gasteiger partial charge in [-0.1, -0.05) is 12.1 Å². The summed E-state index contributed by atoms with van der Waals surface area (Å²) in [6.07, 6.45) is 10.9. The van der Waals surface area contributed by atoms with Crippen molar-refractivity contribution in [3.8, 4) is 0 Å². The Morgan fingerprint density at radius 2 is 1.27 bits per heavy atom. The summed E-state index contributed by atoms with van der Waals surface area (Å²) >= 11 is -0.974. The van der Waals surface area contributed by atoms with Crippen LogP contribution in [0.1, 0.15) is 22.5 Å². The van der Waals surface area contributed by atoms with Crippen molar-refractivity contribution in [1.29, 1.82) is 0 Å². The predicted octanol–water partition coefficient (Wildman–Crippen LogP) is 3.99. The fraction of sp³-hybridized carbons (Fsp3) is 0.125. The minimum atomic E-state index is -3.19. The second-order valence-corrected chi connectivity index (χ2v) is 10.4. The first-order chi connectivity index (χ1) is 14.2. The third-order valence-electron chi connectivity index (χ3n) is 4.72. The second-order valence-electron chi connectivity index (χ2n) is 6.97. The third kappa shape index (κ3) is 5.69. The average Bonchev–Trinajstić information content (AvgIpc) is 2.72. The van der Waals surface area contributed by atoms with Gasteiger partial charge in [-0.2, -0.15) is 4.57 Å². The van der Waals surface area contributed by atoms with Gasteiger partial charge in [0.1, 0.15) is 13.3 Å². The van der Waals surface area contributed by atoms with Crippen LogP contribution in [0, 0.1) is 0 Å². The summed E-state index contributed by atoms with van der Waals surface area (Å²) in [7, 11) is -1.19. The third-order valence-corrected chi connectivity index (χ3v) is 6.79. The molecule has 0 aliphatic heterocycles. The largest absolute Gasteiger partial charge is 0.612 e. The lowest BCUT2D eigenvalue weighted by molar-refractivity contribution is -0.675. The molecule has 1 atom stereocenters. The van der Waals surface area contributed by atoms with Crippen LogP contribution in [0.5, 0.6) is 0 Å². The van der Waals surface area contributed by atoms with Crippen LogP contribution in [0.25, 0.3) is 24.3 Å². The van der Waals surface area contributed by atoms with E-state index in [9.17, 15) is 13.0 Å². The first-order valence-corrected chi connectivity index (χ1v) is 12.8. The maximum absolute atomic E-state index is 11.6. The van der Waals surface area contributed by atoms with Gasteiger partial charge < -0.3 is 4.55 Å². The maximum atomic E-state index is 11.6. The van der Waals surface area contributed by atoms with E-state index in [1.54, 1.807) is 30.5 Å². The molecule has 0 bridgehead atoms. The van der Waals surface area contributed by atoms with E-state index in [-0.39, 0.29) is 0 Å². The van der Waals surface area contributed by atoms with Crippen molar-refractivity contribution in [1.82, 2.24) is 0 Å². The van der Waals surface area contributed by atoms with Gasteiger partial charge in [-0.25, -0.2) is 8.42 Å². The molecule has 30 heavy (non-hydrogen) atoms. The molecule has 154 valence electrons. The molecule has 0 radical (unpaired) electrons. The number of aromatic nitrogens is 1. The number of rotatable bonds is 6. The van der Waals surface area contributed by atoms with Crippen LogP contribution in [0.15, 0.2) is 76.5 Å². The highest BCUT2D eigenvalue weighted by molar-refractivity contribution is 7.91. The highest BCUT2D eigenvalue weighted by Crippen LogP contribution is 2.14. The van der Waals surface area contributed by atoms with E-state index in [2.05, 4.69) is 4.57 Å². The fourth-order valence-electron chi connectivity index (χ4n) is 2.91. The van der Waals surface area contributed by atoms with E-state index >= 15 is 0 Å². The topological polar surface area (TPSA) is 61.1 Å². The van der Waals surface area contributed by atoms with E-state index in [0.717, 1.165) is 27.4 Å². The van der Waals surface area contributed by atoms with Gasteiger partial charge in [0.05, 0.1) is 4.90 Å². The average molecular weight is 439 g/mol. The summed E-state index contributed by atoms with van der Waals surface area (Å²) in [5.41, 5.74) is 4.02. The van der Waals surface area contributed by atoms with E-state index in [0.29, 0.717) is 4.90 Å². The molecule has 0 fully saturated rings. The van der Waals surface area contributed by atoms with Gasteiger partial charge >= 0.3 is 0 Å². The Morgan fingerprint density at radius 1 is 0.800 bits per heavy atom. The van der Waals surface area contributed by atoms with Crippen molar-refractivity contribution >= 4 is 45.3 Å². The summed E-state index contributed by atoms with van der Waals surface area (Å²) in [5, 5.41) is 0. The van der Waals surface area contributed by atoms with Crippen LogP contribution in [0.4, 0.5) is 0 Å². The molecule has 1 heterocycles. The molecule has 6 heteroatoms. The molecule has 0 aliphatic rings. The molecule has 0 saturated carbocycles.